The number of phenolic OH excluding ortho intramolecular Hbond substituents is 1. The van der Waals surface area contributed by atoms with E-state index in [9.17, 15) is 15.0 Å². The van der Waals surface area contributed by atoms with Crippen LogP contribution in [-0.4, -0.2) is 28.3 Å². The van der Waals surface area contributed by atoms with E-state index in [1.807, 2.05) is 0 Å². The molecule has 0 radical (unpaired) electrons. The Balaban J connectivity index is 2.75. The summed E-state index contributed by atoms with van der Waals surface area (Å²) in [4.78, 5) is 13.9. The molecule has 3 N–H and O–H groups in total. The molecule has 0 aliphatic carbocycles. The van der Waals surface area contributed by atoms with E-state index < -0.39 is 5.97 Å². The van der Waals surface area contributed by atoms with Crippen molar-refractivity contribution in [3.05, 3.63) is 23.9 Å². The molecule has 0 saturated carbocycles. The third kappa shape index (κ3) is 1.28. The van der Waals surface area contributed by atoms with Crippen molar-refractivity contribution in [3.63, 3.8) is 0 Å². The van der Waals surface area contributed by atoms with E-state index in [2.05, 4.69) is 9.72 Å². The standard InChI is InChI=1S/C10H9NO4/c1-15-10(14)8-9(13)7-5(11-8)3-2-4-6(7)12/h2-4,11-13H,1H3. The average Bonchev–Trinajstić information content (AvgIpc) is 2.56. The number of methoxy groups -OCH3 is 1. The normalized spacial score (nSPS) is 10.5. The molecule has 0 atom stereocenters. The van der Waals surface area contributed by atoms with E-state index in [-0.39, 0.29) is 22.6 Å². The van der Waals surface area contributed by atoms with E-state index in [1.54, 1.807) is 12.1 Å². The second kappa shape index (κ2) is 3.20. The molecule has 1 aromatic carbocycles. The molecule has 15 heavy (non-hydrogen) atoms. The van der Waals surface area contributed by atoms with Gasteiger partial charge in [0.05, 0.1) is 18.0 Å². The molecule has 5 nitrogen and oxygen atoms in total. The molecule has 0 amide bonds. The fourth-order valence-electron chi connectivity index (χ4n) is 1.46. The number of nitrogens with one attached hydrogen (secondary N) is 1. The summed E-state index contributed by atoms with van der Waals surface area (Å²) in [5, 5.41) is 19.4. The number of rotatable bonds is 1. The van der Waals surface area contributed by atoms with Crippen LogP contribution in [0, 0.1) is 0 Å². The summed E-state index contributed by atoms with van der Waals surface area (Å²) in [6.07, 6.45) is 0. The lowest BCUT2D eigenvalue weighted by atomic mass is 10.2. The molecule has 5 heteroatoms. The number of aromatic nitrogens is 1. The van der Waals surface area contributed by atoms with Crippen LogP contribution in [0.4, 0.5) is 0 Å². The second-order valence-electron chi connectivity index (χ2n) is 3.04. The molecule has 78 valence electrons. The van der Waals surface area contributed by atoms with Gasteiger partial charge in [-0.25, -0.2) is 4.79 Å². The van der Waals surface area contributed by atoms with Crippen LogP contribution in [0.25, 0.3) is 10.9 Å². The first-order valence-electron chi connectivity index (χ1n) is 4.26. The second-order valence-corrected chi connectivity index (χ2v) is 3.04. The fourth-order valence-corrected chi connectivity index (χ4v) is 1.46. The number of carbonyl (C=O) groups excluding carboxylic acids is 1. The van der Waals surface area contributed by atoms with Crippen molar-refractivity contribution in [3.8, 4) is 11.5 Å². The molecule has 0 aliphatic rings. The number of aromatic amines is 1. The van der Waals surface area contributed by atoms with Crippen molar-refractivity contribution >= 4 is 16.9 Å². The predicted octanol–water partition coefficient (Wildman–Crippen LogP) is 1.37. The monoisotopic (exact) mass is 207 g/mol. The summed E-state index contributed by atoms with van der Waals surface area (Å²) in [7, 11) is 1.22. The Morgan fingerprint density at radius 1 is 1.40 bits per heavy atom. The minimum absolute atomic E-state index is 0.0611. The molecule has 2 aromatic rings. The van der Waals surface area contributed by atoms with Crippen LogP contribution < -0.4 is 0 Å². The summed E-state index contributed by atoms with van der Waals surface area (Å²) in [5.74, 6) is -1.06. The molecule has 0 bridgehead atoms. The Morgan fingerprint density at radius 2 is 2.13 bits per heavy atom. The van der Waals surface area contributed by atoms with Crippen molar-refractivity contribution in [2.75, 3.05) is 7.11 Å². The molecular weight excluding hydrogens is 198 g/mol. The Labute approximate surface area is 84.9 Å². The lowest BCUT2D eigenvalue weighted by Gasteiger charge is -1.96. The third-order valence-electron chi connectivity index (χ3n) is 2.17. The third-order valence-corrected chi connectivity index (χ3v) is 2.17. The van der Waals surface area contributed by atoms with Crippen molar-refractivity contribution in [1.82, 2.24) is 4.98 Å². The number of esters is 1. The van der Waals surface area contributed by atoms with Crippen molar-refractivity contribution in [1.29, 1.82) is 0 Å². The number of ether oxygens (including phenoxy) is 1. The zero-order valence-electron chi connectivity index (χ0n) is 7.94. The smallest absolute Gasteiger partial charge is 0.358 e. The summed E-state index contributed by atoms with van der Waals surface area (Å²) in [5.41, 5.74) is 0.418. The van der Waals surface area contributed by atoms with Crippen LogP contribution in [-0.2, 0) is 4.74 Å². The lowest BCUT2D eigenvalue weighted by Crippen LogP contribution is -2.01. The first-order valence-corrected chi connectivity index (χ1v) is 4.26. The van der Waals surface area contributed by atoms with Crippen molar-refractivity contribution in [2.24, 2.45) is 0 Å². The van der Waals surface area contributed by atoms with Gasteiger partial charge in [-0.1, -0.05) is 6.07 Å². The Bertz CT molecular complexity index is 529. The molecular formula is C10H9NO4. The topological polar surface area (TPSA) is 82.6 Å². The lowest BCUT2D eigenvalue weighted by molar-refractivity contribution is 0.0592. The van der Waals surface area contributed by atoms with Crippen molar-refractivity contribution in [2.45, 2.75) is 0 Å². The van der Waals surface area contributed by atoms with Crippen LogP contribution in [0.5, 0.6) is 11.5 Å². The van der Waals surface area contributed by atoms with Gasteiger partial charge >= 0.3 is 5.97 Å². The highest BCUT2D eigenvalue weighted by molar-refractivity contribution is 6.02. The van der Waals surface area contributed by atoms with Gasteiger partial charge in [-0.3, -0.25) is 0 Å². The van der Waals surface area contributed by atoms with Crippen LogP contribution in [0.15, 0.2) is 18.2 Å². The number of hydrogen-bond donors (Lipinski definition) is 3. The number of benzene rings is 1. The number of hydrogen-bond acceptors (Lipinski definition) is 4. The zero-order chi connectivity index (χ0) is 11.0. The first kappa shape index (κ1) is 9.39. The van der Waals surface area contributed by atoms with E-state index in [0.717, 1.165) is 0 Å². The molecule has 1 aromatic heterocycles. The van der Waals surface area contributed by atoms with E-state index in [0.29, 0.717) is 5.52 Å². The van der Waals surface area contributed by atoms with Gasteiger partial charge in [0.2, 0.25) is 0 Å². The minimum Gasteiger partial charge on any atom is -0.507 e. The fraction of sp³-hybridized carbons (Fsp3) is 0.100. The van der Waals surface area contributed by atoms with Gasteiger partial charge in [-0.05, 0) is 12.1 Å². The highest BCUT2D eigenvalue weighted by Gasteiger charge is 2.19. The highest BCUT2D eigenvalue weighted by Crippen LogP contribution is 2.35. The average molecular weight is 207 g/mol. The largest absolute Gasteiger partial charge is 0.507 e. The Hall–Kier alpha value is -2.17. The van der Waals surface area contributed by atoms with Crippen LogP contribution in [0.3, 0.4) is 0 Å². The maximum absolute atomic E-state index is 11.2. The SMILES string of the molecule is COC(=O)c1[nH]c2cccc(O)c2c1O. The number of fused-ring (bicyclic) bond motifs is 1. The van der Waals surface area contributed by atoms with Gasteiger partial charge in [0.1, 0.15) is 5.75 Å². The van der Waals surface area contributed by atoms with Gasteiger partial charge in [0.25, 0.3) is 0 Å². The first-order chi connectivity index (χ1) is 7.15. The maximum Gasteiger partial charge on any atom is 0.358 e. The maximum atomic E-state index is 11.2. The molecule has 0 spiro atoms. The van der Waals surface area contributed by atoms with Gasteiger partial charge in [0, 0.05) is 0 Å². The molecule has 0 saturated heterocycles. The minimum atomic E-state index is -0.678. The van der Waals surface area contributed by atoms with Crippen LogP contribution in [0.2, 0.25) is 0 Å². The number of aromatic hydroxyl groups is 2. The molecule has 0 unspecified atom stereocenters. The highest BCUT2D eigenvalue weighted by atomic mass is 16.5. The van der Waals surface area contributed by atoms with Gasteiger partial charge in [-0.2, -0.15) is 0 Å². The number of phenols is 1. The van der Waals surface area contributed by atoms with E-state index >= 15 is 0 Å². The number of carbonyl (C=O) groups is 1. The summed E-state index contributed by atoms with van der Waals surface area (Å²) in [6.45, 7) is 0. The van der Waals surface area contributed by atoms with Crippen LogP contribution >= 0.6 is 0 Å². The molecule has 2 rings (SSSR count). The Morgan fingerprint density at radius 3 is 2.73 bits per heavy atom. The van der Waals surface area contributed by atoms with Gasteiger partial charge in [0.15, 0.2) is 11.4 Å². The van der Waals surface area contributed by atoms with Crippen molar-refractivity contribution < 1.29 is 19.7 Å². The Kier molecular flexibility index (Phi) is 2.00. The van der Waals surface area contributed by atoms with E-state index in [4.69, 9.17) is 0 Å². The summed E-state index contributed by atoms with van der Waals surface area (Å²) < 4.78 is 4.47. The zero-order valence-corrected chi connectivity index (χ0v) is 7.94. The van der Waals surface area contributed by atoms with Crippen LogP contribution in [0.1, 0.15) is 10.5 Å². The number of H-pyrrole nitrogens is 1. The summed E-state index contributed by atoms with van der Waals surface area (Å²) in [6, 6.07) is 4.67. The quantitative estimate of drug-likeness (QED) is 0.616. The van der Waals surface area contributed by atoms with E-state index in [1.165, 1.54) is 13.2 Å². The molecule has 0 fully saturated rings. The van der Waals surface area contributed by atoms with Gasteiger partial charge < -0.3 is 19.9 Å². The predicted molar refractivity (Wildman–Crippen MR) is 53.0 cm³/mol. The molecule has 0 aliphatic heterocycles. The molecule has 1 heterocycles. The van der Waals surface area contributed by atoms with Gasteiger partial charge in [-0.15, -0.1) is 0 Å². The summed E-state index contributed by atoms with van der Waals surface area (Å²) >= 11 is 0.